The monoisotopic (exact) mass is 213 g/mol. The fourth-order valence-corrected chi connectivity index (χ4v) is 1.52. The van der Waals surface area contributed by atoms with Crippen molar-refractivity contribution in [2.45, 2.75) is 39.8 Å². The van der Waals surface area contributed by atoms with Crippen LogP contribution in [0.25, 0.3) is 0 Å². The fraction of sp³-hybridized carbons (Fsp3) is 0.800. The van der Waals surface area contributed by atoms with E-state index in [9.17, 15) is 0 Å². The van der Waals surface area contributed by atoms with E-state index in [2.05, 4.69) is 10.2 Å². The minimum absolute atomic E-state index is 0.0493. The predicted molar refractivity (Wildman–Crippen MR) is 56.4 cm³/mol. The van der Waals surface area contributed by atoms with Crippen LogP contribution in [0.2, 0.25) is 0 Å². The van der Waals surface area contributed by atoms with Crippen molar-refractivity contribution in [3.63, 3.8) is 0 Å². The van der Waals surface area contributed by atoms with Gasteiger partial charge in [-0.2, -0.15) is 0 Å². The largest absolute Gasteiger partial charge is 0.388 e. The normalized spacial score (nSPS) is 10.9. The highest BCUT2D eigenvalue weighted by Crippen LogP contribution is 2.05. The Morgan fingerprint density at radius 1 is 1.27 bits per heavy atom. The van der Waals surface area contributed by atoms with Gasteiger partial charge in [-0.15, -0.1) is 10.2 Å². The van der Waals surface area contributed by atoms with Gasteiger partial charge in [0.05, 0.1) is 0 Å². The zero-order chi connectivity index (χ0) is 11.1. The quantitative estimate of drug-likeness (QED) is 0.679. The molecule has 0 fully saturated rings. The maximum absolute atomic E-state index is 9.02. The van der Waals surface area contributed by atoms with Gasteiger partial charge in [0.15, 0.2) is 5.82 Å². The van der Waals surface area contributed by atoms with Crippen LogP contribution < -0.4 is 0 Å². The second-order valence-electron chi connectivity index (χ2n) is 3.24. The first-order chi connectivity index (χ1) is 7.33. The van der Waals surface area contributed by atoms with Crippen LogP contribution in [0.4, 0.5) is 0 Å². The number of aromatic nitrogens is 3. The molecule has 0 unspecified atom stereocenters. The molecule has 0 atom stereocenters. The topological polar surface area (TPSA) is 60.2 Å². The van der Waals surface area contributed by atoms with Gasteiger partial charge in [-0.1, -0.05) is 0 Å². The molecule has 1 aromatic heterocycles. The highest BCUT2D eigenvalue weighted by molar-refractivity contribution is 4.94. The van der Waals surface area contributed by atoms with Crippen molar-refractivity contribution in [1.82, 2.24) is 14.8 Å². The molecule has 0 saturated heterocycles. The second-order valence-corrected chi connectivity index (χ2v) is 3.24. The third-order valence-electron chi connectivity index (χ3n) is 2.25. The van der Waals surface area contributed by atoms with Gasteiger partial charge in [0.25, 0.3) is 0 Å². The van der Waals surface area contributed by atoms with Crippen LogP contribution in [0.1, 0.15) is 31.9 Å². The van der Waals surface area contributed by atoms with E-state index in [0.29, 0.717) is 5.82 Å². The molecule has 5 heteroatoms. The molecule has 0 aromatic carbocycles. The lowest BCUT2D eigenvalue weighted by molar-refractivity contribution is 0.144. The van der Waals surface area contributed by atoms with Crippen molar-refractivity contribution in [2.24, 2.45) is 0 Å². The van der Waals surface area contributed by atoms with Crippen LogP contribution >= 0.6 is 0 Å². The lowest BCUT2D eigenvalue weighted by Crippen LogP contribution is -2.07. The minimum Gasteiger partial charge on any atom is -0.388 e. The smallest absolute Gasteiger partial charge is 0.158 e. The molecule has 86 valence electrons. The van der Waals surface area contributed by atoms with E-state index in [4.69, 9.17) is 9.84 Å². The van der Waals surface area contributed by atoms with Gasteiger partial charge in [0, 0.05) is 26.2 Å². The number of aryl methyl sites for hydroxylation is 1. The second kappa shape index (κ2) is 6.53. The summed E-state index contributed by atoms with van der Waals surface area (Å²) >= 11 is 0. The van der Waals surface area contributed by atoms with Crippen molar-refractivity contribution in [1.29, 1.82) is 0 Å². The zero-order valence-electron chi connectivity index (χ0n) is 9.44. The summed E-state index contributed by atoms with van der Waals surface area (Å²) in [6.45, 7) is 6.26. The van der Waals surface area contributed by atoms with Gasteiger partial charge in [-0.25, -0.2) is 0 Å². The molecule has 0 aliphatic carbocycles. The van der Waals surface area contributed by atoms with Gasteiger partial charge in [0.1, 0.15) is 12.4 Å². The molecule has 1 rings (SSSR count). The number of ether oxygens (including phenoxy) is 1. The maximum atomic E-state index is 9.02. The van der Waals surface area contributed by atoms with Crippen LogP contribution in [0.5, 0.6) is 0 Å². The summed E-state index contributed by atoms with van der Waals surface area (Å²) in [4.78, 5) is 0. The van der Waals surface area contributed by atoms with Gasteiger partial charge in [-0.05, 0) is 20.3 Å². The summed E-state index contributed by atoms with van der Waals surface area (Å²) in [7, 11) is 0. The standard InChI is InChI=1S/C10H19N3O2/c1-3-13-9(6-5-7-15-4-2)11-12-10(13)8-14/h14H,3-8H2,1-2H3. The molecular formula is C10H19N3O2. The van der Waals surface area contributed by atoms with E-state index >= 15 is 0 Å². The third kappa shape index (κ3) is 3.28. The van der Waals surface area contributed by atoms with Gasteiger partial charge < -0.3 is 14.4 Å². The first kappa shape index (κ1) is 12.1. The summed E-state index contributed by atoms with van der Waals surface area (Å²) in [6, 6.07) is 0. The molecule has 0 spiro atoms. The molecule has 0 radical (unpaired) electrons. The Labute approximate surface area is 90.1 Å². The number of hydrogen-bond acceptors (Lipinski definition) is 4. The molecule has 1 N–H and O–H groups in total. The molecule has 1 aromatic rings. The number of nitrogens with zero attached hydrogens (tertiary/aromatic N) is 3. The van der Waals surface area contributed by atoms with E-state index in [1.165, 1.54) is 0 Å². The summed E-state index contributed by atoms with van der Waals surface area (Å²) in [5.74, 6) is 1.57. The summed E-state index contributed by atoms with van der Waals surface area (Å²) in [5.41, 5.74) is 0. The van der Waals surface area contributed by atoms with E-state index in [1.54, 1.807) is 0 Å². The average Bonchev–Trinajstić information content (AvgIpc) is 2.66. The third-order valence-corrected chi connectivity index (χ3v) is 2.25. The highest BCUT2D eigenvalue weighted by Gasteiger charge is 2.08. The molecule has 0 aliphatic heterocycles. The van der Waals surface area contributed by atoms with E-state index in [-0.39, 0.29) is 6.61 Å². The van der Waals surface area contributed by atoms with Crippen molar-refractivity contribution in [2.75, 3.05) is 13.2 Å². The fourth-order valence-electron chi connectivity index (χ4n) is 1.52. The molecule has 0 saturated carbocycles. The van der Waals surface area contributed by atoms with Crippen molar-refractivity contribution in [3.05, 3.63) is 11.6 Å². The molecule has 1 heterocycles. The summed E-state index contributed by atoms with van der Waals surface area (Å²) in [6.07, 6.45) is 1.79. The molecule has 15 heavy (non-hydrogen) atoms. The number of aliphatic hydroxyl groups excluding tert-OH is 1. The Bertz CT molecular complexity index is 286. The molecule has 0 bridgehead atoms. The molecular weight excluding hydrogens is 194 g/mol. The number of hydrogen-bond donors (Lipinski definition) is 1. The molecule has 0 aliphatic rings. The van der Waals surface area contributed by atoms with Crippen LogP contribution in [0.3, 0.4) is 0 Å². The minimum atomic E-state index is -0.0493. The lowest BCUT2D eigenvalue weighted by atomic mass is 10.3. The van der Waals surface area contributed by atoms with Crippen molar-refractivity contribution >= 4 is 0 Å². The number of rotatable bonds is 7. The van der Waals surface area contributed by atoms with Gasteiger partial charge >= 0.3 is 0 Å². The van der Waals surface area contributed by atoms with Crippen molar-refractivity contribution in [3.8, 4) is 0 Å². The Kier molecular flexibility index (Phi) is 5.28. The van der Waals surface area contributed by atoms with Gasteiger partial charge in [0.2, 0.25) is 0 Å². The van der Waals surface area contributed by atoms with Crippen LogP contribution in [0, 0.1) is 0 Å². The SMILES string of the molecule is CCOCCCc1nnc(CO)n1CC. The maximum Gasteiger partial charge on any atom is 0.158 e. The Morgan fingerprint density at radius 3 is 2.60 bits per heavy atom. The zero-order valence-corrected chi connectivity index (χ0v) is 9.44. The lowest BCUT2D eigenvalue weighted by Gasteiger charge is -2.05. The Hall–Kier alpha value is -0.940. The summed E-state index contributed by atoms with van der Waals surface area (Å²) in [5, 5.41) is 17.0. The molecule has 5 nitrogen and oxygen atoms in total. The Morgan fingerprint density at radius 2 is 2.00 bits per heavy atom. The van der Waals surface area contributed by atoms with E-state index in [0.717, 1.165) is 38.4 Å². The first-order valence-electron chi connectivity index (χ1n) is 5.43. The van der Waals surface area contributed by atoms with E-state index in [1.807, 2.05) is 18.4 Å². The van der Waals surface area contributed by atoms with Crippen LogP contribution in [0.15, 0.2) is 0 Å². The van der Waals surface area contributed by atoms with Gasteiger partial charge in [-0.3, -0.25) is 0 Å². The van der Waals surface area contributed by atoms with Crippen molar-refractivity contribution < 1.29 is 9.84 Å². The summed E-state index contributed by atoms with van der Waals surface area (Å²) < 4.78 is 7.21. The predicted octanol–water partition coefficient (Wildman–Crippen LogP) is 0.759. The first-order valence-corrected chi connectivity index (χ1v) is 5.43. The number of aliphatic hydroxyl groups is 1. The molecule has 0 amide bonds. The average molecular weight is 213 g/mol. The van der Waals surface area contributed by atoms with Crippen LogP contribution in [-0.4, -0.2) is 33.1 Å². The highest BCUT2D eigenvalue weighted by atomic mass is 16.5. The van der Waals surface area contributed by atoms with E-state index < -0.39 is 0 Å². The Balaban J connectivity index is 2.49. The van der Waals surface area contributed by atoms with Crippen LogP contribution in [-0.2, 0) is 24.3 Å².